The first kappa shape index (κ1) is 19.2. The number of hydrogen-bond acceptors (Lipinski definition) is 3. The monoisotopic (exact) mass is 391 g/mol. The summed E-state index contributed by atoms with van der Waals surface area (Å²) in [5.41, 5.74) is 4.95. The third kappa shape index (κ3) is 3.75. The van der Waals surface area contributed by atoms with Gasteiger partial charge in [0.05, 0.1) is 12.5 Å². The Morgan fingerprint density at radius 3 is 2.48 bits per heavy atom. The van der Waals surface area contributed by atoms with Crippen LogP contribution in [0.25, 0.3) is 0 Å². The van der Waals surface area contributed by atoms with Crippen molar-refractivity contribution < 1.29 is 14.4 Å². The third-order valence-corrected chi connectivity index (χ3v) is 5.83. The third-order valence-electron chi connectivity index (χ3n) is 5.83. The van der Waals surface area contributed by atoms with E-state index in [0.29, 0.717) is 13.1 Å². The summed E-state index contributed by atoms with van der Waals surface area (Å²) in [6, 6.07) is 13.4. The number of amides is 3. The molecule has 2 heterocycles. The molecule has 6 heteroatoms. The summed E-state index contributed by atoms with van der Waals surface area (Å²) >= 11 is 0. The largest absolute Gasteiger partial charge is 0.335 e. The van der Waals surface area contributed by atoms with Gasteiger partial charge in [0.15, 0.2) is 0 Å². The van der Waals surface area contributed by atoms with Crippen LogP contribution >= 0.6 is 0 Å². The quantitative estimate of drug-likeness (QED) is 0.874. The van der Waals surface area contributed by atoms with Gasteiger partial charge in [-0.15, -0.1) is 0 Å². The van der Waals surface area contributed by atoms with Crippen LogP contribution in [0, 0.1) is 0 Å². The Hall–Kier alpha value is -3.15. The van der Waals surface area contributed by atoms with E-state index in [1.54, 1.807) is 23.6 Å². The van der Waals surface area contributed by atoms with E-state index in [2.05, 4.69) is 11.4 Å². The lowest BCUT2D eigenvalue weighted by molar-refractivity contribution is -0.132. The van der Waals surface area contributed by atoms with Crippen LogP contribution in [0.1, 0.15) is 43.0 Å². The lowest BCUT2D eigenvalue weighted by atomic mass is 9.90. The van der Waals surface area contributed by atoms with Crippen LogP contribution < -0.4 is 10.2 Å². The molecule has 0 aliphatic carbocycles. The second kappa shape index (κ2) is 7.70. The molecule has 2 aromatic rings. The van der Waals surface area contributed by atoms with Crippen molar-refractivity contribution in [1.29, 1.82) is 0 Å². The van der Waals surface area contributed by atoms with Crippen LogP contribution in [0.2, 0.25) is 0 Å². The molecule has 1 unspecified atom stereocenters. The van der Waals surface area contributed by atoms with Crippen molar-refractivity contribution in [2.24, 2.45) is 0 Å². The zero-order valence-corrected chi connectivity index (χ0v) is 16.8. The van der Waals surface area contributed by atoms with Crippen LogP contribution in [0.3, 0.4) is 0 Å². The van der Waals surface area contributed by atoms with E-state index in [-0.39, 0.29) is 30.2 Å². The van der Waals surface area contributed by atoms with Gasteiger partial charge in [0.25, 0.3) is 0 Å². The number of carbonyl (C=O) groups is 3. The molecule has 0 fully saturated rings. The maximum absolute atomic E-state index is 12.8. The highest BCUT2D eigenvalue weighted by molar-refractivity contribution is 5.96. The summed E-state index contributed by atoms with van der Waals surface area (Å²) in [4.78, 5) is 40.2. The van der Waals surface area contributed by atoms with E-state index >= 15 is 0 Å². The van der Waals surface area contributed by atoms with Gasteiger partial charge in [-0.3, -0.25) is 14.4 Å². The van der Waals surface area contributed by atoms with E-state index in [1.165, 1.54) is 5.56 Å². The van der Waals surface area contributed by atoms with Gasteiger partial charge in [0, 0.05) is 38.3 Å². The Bertz CT molecular complexity index is 985. The average molecular weight is 391 g/mol. The van der Waals surface area contributed by atoms with Crippen molar-refractivity contribution in [2.45, 2.75) is 39.2 Å². The van der Waals surface area contributed by atoms with Gasteiger partial charge in [0.1, 0.15) is 0 Å². The molecule has 1 N–H and O–H groups in total. The minimum absolute atomic E-state index is 0.0147. The van der Waals surface area contributed by atoms with Gasteiger partial charge in [0.2, 0.25) is 17.7 Å². The van der Waals surface area contributed by atoms with Gasteiger partial charge < -0.3 is 15.1 Å². The highest BCUT2D eigenvalue weighted by Crippen LogP contribution is 2.33. The fourth-order valence-corrected chi connectivity index (χ4v) is 4.44. The average Bonchev–Trinajstić information content (AvgIpc) is 3.11. The van der Waals surface area contributed by atoms with E-state index in [9.17, 15) is 14.4 Å². The van der Waals surface area contributed by atoms with Crippen molar-refractivity contribution in [3.8, 4) is 0 Å². The second-order valence-corrected chi connectivity index (χ2v) is 7.69. The number of fused-ring (bicyclic) bond motifs is 2. The molecular weight excluding hydrogens is 366 g/mol. The Morgan fingerprint density at radius 2 is 1.72 bits per heavy atom. The normalized spacial score (nSPS) is 17.5. The Balaban J connectivity index is 1.51. The molecule has 2 aliphatic rings. The molecule has 4 rings (SSSR count). The molecule has 2 aromatic carbocycles. The summed E-state index contributed by atoms with van der Waals surface area (Å²) in [5.74, 6) is -0.112. The van der Waals surface area contributed by atoms with Crippen molar-refractivity contribution in [1.82, 2.24) is 4.90 Å². The van der Waals surface area contributed by atoms with E-state index in [1.807, 2.05) is 36.4 Å². The topological polar surface area (TPSA) is 69.7 Å². The van der Waals surface area contributed by atoms with E-state index < -0.39 is 0 Å². The maximum atomic E-state index is 12.8. The minimum Gasteiger partial charge on any atom is -0.335 e. The zero-order valence-electron chi connectivity index (χ0n) is 16.8. The molecule has 1 atom stereocenters. The smallest absolute Gasteiger partial charge is 0.226 e. The molecule has 29 heavy (non-hydrogen) atoms. The van der Waals surface area contributed by atoms with Crippen LogP contribution in [0.15, 0.2) is 42.5 Å². The lowest BCUT2D eigenvalue weighted by Gasteiger charge is -2.36. The number of rotatable bonds is 3. The summed E-state index contributed by atoms with van der Waals surface area (Å²) in [6.07, 6.45) is 1.81. The van der Waals surface area contributed by atoms with Gasteiger partial charge >= 0.3 is 0 Å². The summed E-state index contributed by atoms with van der Waals surface area (Å²) in [7, 11) is 0. The van der Waals surface area contributed by atoms with E-state index in [0.717, 1.165) is 35.3 Å². The number of anilines is 2. The van der Waals surface area contributed by atoms with Gasteiger partial charge in [-0.1, -0.05) is 24.3 Å². The first-order valence-corrected chi connectivity index (χ1v) is 10.00. The molecule has 0 radical (unpaired) electrons. The number of nitrogens with one attached hydrogen (secondary N) is 1. The molecule has 150 valence electrons. The number of nitrogens with zero attached hydrogens (tertiary/aromatic N) is 2. The molecule has 6 nitrogen and oxygen atoms in total. The molecule has 0 aromatic heterocycles. The molecule has 2 aliphatic heterocycles. The molecular formula is C23H25N3O3. The van der Waals surface area contributed by atoms with Crippen LogP contribution in [0.5, 0.6) is 0 Å². The molecule has 0 saturated carbocycles. The van der Waals surface area contributed by atoms with Gasteiger partial charge in [-0.25, -0.2) is 0 Å². The fraction of sp³-hybridized carbons (Fsp3) is 0.348. The number of carbonyl (C=O) groups excluding carboxylic acids is 3. The first-order valence-electron chi connectivity index (χ1n) is 10.00. The van der Waals surface area contributed by atoms with Crippen molar-refractivity contribution >= 4 is 29.1 Å². The highest BCUT2D eigenvalue weighted by Gasteiger charge is 2.30. The second-order valence-electron chi connectivity index (χ2n) is 7.69. The van der Waals surface area contributed by atoms with Crippen LogP contribution in [-0.4, -0.2) is 35.7 Å². The standard InChI is InChI=1S/C23H25N3O3/c1-15(27)25-12-10-18-13-19(7-8-21(18)25)24-23(29)14-22-20-6-4-3-5-17(20)9-11-26(22)16(2)28/h3-8,13,22H,9-12,14H2,1-2H3,(H,24,29). The maximum Gasteiger partial charge on any atom is 0.226 e. The fourth-order valence-electron chi connectivity index (χ4n) is 4.44. The molecule has 0 saturated heterocycles. The van der Waals surface area contributed by atoms with Crippen LogP contribution in [0.4, 0.5) is 11.4 Å². The molecule has 3 amide bonds. The van der Waals surface area contributed by atoms with Crippen molar-refractivity contribution in [3.63, 3.8) is 0 Å². The Labute approximate surface area is 170 Å². The summed E-state index contributed by atoms with van der Waals surface area (Å²) in [5, 5.41) is 2.97. The number of benzene rings is 2. The van der Waals surface area contributed by atoms with Gasteiger partial charge in [-0.05, 0) is 47.7 Å². The SMILES string of the molecule is CC(=O)N1CCc2cc(NC(=O)CC3c4ccccc4CCN3C(C)=O)ccc21. The predicted octanol–water partition coefficient (Wildman–Crippen LogP) is 3.07. The summed E-state index contributed by atoms with van der Waals surface area (Å²) < 4.78 is 0. The first-order chi connectivity index (χ1) is 13.9. The van der Waals surface area contributed by atoms with Crippen molar-refractivity contribution in [2.75, 3.05) is 23.3 Å². The summed E-state index contributed by atoms with van der Waals surface area (Å²) in [6.45, 7) is 4.42. The number of hydrogen-bond donors (Lipinski definition) is 1. The molecule has 0 bridgehead atoms. The lowest BCUT2D eigenvalue weighted by Crippen LogP contribution is -2.40. The highest BCUT2D eigenvalue weighted by atomic mass is 16.2. The zero-order chi connectivity index (χ0) is 20.5. The van der Waals surface area contributed by atoms with Gasteiger partial charge in [-0.2, -0.15) is 0 Å². The van der Waals surface area contributed by atoms with Crippen LogP contribution in [-0.2, 0) is 27.2 Å². The predicted molar refractivity (Wildman–Crippen MR) is 112 cm³/mol. The Kier molecular flexibility index (Phi) is 5.09. The molecule has 0 spiro atoms. The van der Waals surface area contributed by atoms with E-state index in [4.69, 9.17) is 0 Å². The minimum atomic E-state index is -0.250. The van der Waals surface area contributed by atoms with Crippen molar-refractivity contribution in [3.05, 3.63) is 59.2 Å². The Morgan fingerprint density at radius 1 is 0.966 bits per heavy atom.